The fraction of sp³-hybridized carbons (Fsp3) is 0.176. The van der Waals surface area contributed by atoms with Crippen molar-refractivity contribution in [2.45, 2.75) is 13.5 Å². The molecule has 0 radical (unpaired) electrons. The maximum atomic E-state index is 12.3. The molecule has 21 heavy (non-hydrogen) atoms. The number of hydrogen-bond donors (Lipinski definition) is 1. The number of aromatic nitrogens is 2. The summed E-state index contributed by atoms with van der Waals surface area (Å²) in [6.07, 6.45) is 0. The summed E-state index contributed by atoms with van der Waals surface area (Å²) in [6.45, 7) is 2.55. The van der Waals surface area contributed by atoms with Gasteiger partial charge in [0.15, 0.2) is 5.82 Å². The highest BCUT2D eigenvalue weighted by Crippen LogP contribution is 2.14. The first kappa shape index (κ1) is 13.4. The molecule has 0 atom stereocenters. The van der Waals surface area contributed by atoms with Crippen molar-refractivity contribution in [1.29, 1.82) is 0 Å². The van der Waals surface area contributed by atoms with Crippen LogP contribution >= 0.6 is 0 Å². The minimum atomic E-state index is -0.158. The molecule has 0 unspecified atom stereocenters. The van der Waals surface area contributed by atoms with Crippen molar-refractivity contribution in [3.8, 4) is 0 Å². The van der Waals surface area contributed by atoms with Crippen LogP contribution in [0.25, 0.3) is 11.0 Å². The van der Waals surface area contributed by atoms with Crippen LogP contribution in [0.2, 0.25) is 0 Å². The summed E-state index contributed by atoms with van der Waals surface area (Å²) in [5.41, 5.74) is 4.08. The Morgan fingerprint density at radius 1 is 1.14 bits per heavy atom. The largest absolute Gasteiger partial charge is 0.345 e. The van der Waals surface area contributed by atoms with E-state index in [1.807, 2.05) is 67.1 Å². The van der Waals surface area contributed by atoms with Gasteiger partial charge in [-0.15, -0.1) is 0 Å². The molecule has 1 aromatic heterocycles. The summed E-state index contributed by atoms with van der Waals surface area (Å²) < 4.78 is 1.82. The Bertz CT molecular complexity index is 787. The van der Waals surface area contributed by atoms with E-state index in [0.29, 0.717) is 12.4 Å². The molecule has 0 saturated carbocycles. The number of imidazole rings is 1. The van der Waals surface area contributed by atoms with Crippen LogP contribution < -0.4 is 5.32 Å². The molecule has 106 valence electrons. The first-order chi connectivity index (χ1) is 10.1. The lowest BCUT2D eigenvalue weighted by Crippen LogP contribution is -2.25. The topological polar surface area (TPSA) is 46.9 Å². The van der Waals surface area contributed by atoms with E-state index in [4.69, 9.17) is 0 Å². The van der Waals surface area contributed by atoms with Gasteiger partial charge < -0.3 is 9.88 Å². The van der Waals surface area contributed by atoms with Crippen LogP contribution in [-0.2, 0) is 13.6 Å². The third kappa shape index (κ3) is 2.65. The molecule has 1 N–H and O–H groups in total. The van der Waals surface area contributed by atoms with E-state index in [1.165, 1.54) is 5.56 Å². The molecule has 0 spiro atoms. The van der Waals surface area contributed by atoms with E-state index in [-0.39, 0.29) is 5.91 Å². The third-order valence-corrected chi connectivity index (χ3v) is 3.56. The number of amides is 1. The SMILES string of the molecule is Cc1ccc(CNC(=O)c2nc3ccccc3n2C)cc1. The Hall–Kier alpha value is -2.62. The Balaban J connectivity index is 1.78. The summed E-state index contributed by atoms with van der Waals surface area (Å²) in [5.74, 6) is 0.276. The maximum absolute atomic E-state index is 12.3. The molecule has 1 heterocycles. The average molecular weight is 279 g/mol. The molecule has 3 rings (SSSR count). The van der Waals surface area contributed by atoms with Gasteiger partial charge in [0.2, 0.25) is 0 Å². The van der Waals surface area contributed by atoms with Gasteiger partial charge in [0.1, 0.15) is 0 Å². The number of hydrogen-bond acceptors (Lipinski definition) is 2. The summed E-state index contributed by atoms with van der Waals surface area (Å²) in [4.78, 5) is 16.7. The van der Waals surface area contributed by atoms with Crippen molar-refractivity contribution in [3.05, 3.63) is 65.5 Å². The van der Waals surface area contributed by atoms with Crippen LogP contribution in [0.5, 0.6) is 0 Å². The van der Waals surface area contributed by atoms with Crippen LogP contribution in [0.4, 0.5) is 0 Å². The smallest absolute Gasteiger partial charge is 0.287 e. The number of rotatable bonds is 3. The number of fused-ring (bicyclic) bond motifs is 1. The fourth-order valence-corrected chi connectivity index (χ4v) is 2.32. The predicted molar refractivity (Wildman–Crippen MR) is 83.1 cm³/mol. The molecule has 1 amide bonds. The molecule has 0 fully saturated rings. The lowest BCUT2D eigenvalue weighted by molar-refractivity contribution is 0.0938. The van der Waals surface area contributed by atoms with Crippen LogP contribution in [0.15, 0.2) is 48.5 Å². The molecule has 0 aliphatic carbocycles. The van der Waals surface area contributed by atoms with Gasteiger partial charge >= 0.3 is 0 Å². The molecule has 3 aromatic rings. The lowest BCUT2D eigenvalue weighted by Gasteiger charge is -2.06. The summed E-state index contributed by atoms with van der Waals surface area (Å²) >= 11 is 0. The highest BCUT2D eigenvalue weighted by molar-refractivity contribution is 5.94. The van der Waals surface area contributed by atoms with Crippen molar-refractivity contribution in [3.63, 3.8) is 0 Å². The van der Waals surface area contributed by atoms with Gasteiger partial charge in [-0.25, -0.2) is 4.98 Å². The Morgan fingerprint density at radius 3 is 2.57 bits per heavy atom. The zero-order valence-corrected chi connectivity index (χ0v) is 12.1. The second kappa shape index (κ2) is 5.40. The Morgan fingerprint density at radius 2 is 1.86 bits per heavy atom. The second-order valence-corrected chi connectivity index (χ2v) is 5.15. The quantitative estimate of drug-likeness (QED) is 0.801. The molecule has 0 saturated heterocycles. The van der Waals surface area contributed by atoms with Crippen molar-refractivity contribution < 1.29 is 4.79 Å². The van der Waals surface area contributed by atoms with Crippen LogP contribution in [0, 0.1) is 6.92 Å². The van der Waals surface area contributed by atoms with Gasteiger partial charge in [-0.3, -0.25) is 4.79 Å². The molecule has 4 heteroatoms. The van der Waals surface area contributed by atoms with Crippen LogP contribution in [-0.4, -0.2) is 15.5 Å². The number of aryl methyl sites for hydroxylation is 2. The van der Waals surface area contributed by atoms with E-state index in [9.17, 15) is 4.79 Å². The first-order valence-electron chi connectivity index (χ1n) is 6.90. The van der Waals surface area contributed by atoms with Crippen molar-refractivity contribution in [2.24, 2.45) is 7.05 Å². The van der Waals surface area contributed by atoms with Crippen molar-refractivity contribution in [2.75, 3.05) is 0 Å². The van der Waals surface area contributed by atoms with E-state index in [1.54, 1.807) is 0 Å². The molecule has 0 aliphatic rings. The van der Waals surface area contributed by atoms with Crippen molar-refractivity contribution >= 4 is 16.9 Å². The third-order valence-electron chi connectivity index (χ3n) is 3.56. The number of nitrogens with zero attached hydrogens (tertiary/aromatic N) is 2. The monoisotopic (exact) mass is 279 g/mol. The summed E-state index contributed by atoms with van der Waals surface area (Å²) in [5, 5.41) is 2.91. The Kier molecular flexibility index (Phi) is 3.44. The zero-order valence-electron chi connectivity index (χ0n) is 12.1. The minimum absolute atomic E-state index is 0.158. The summed E-state index contributed by atoms with van der Waals surface area (Å²) in [7, 11) is 1.86. The van der Waals surface area contributed by atoms with E-state index < -0.39 is 0 Å². The van der Waals surface area contributed by atoms with Gasteiger partial charge in [-0.2, -0.15) is 0 Å². The van der Waals surface area contributed by atoms with E-state index in [0.717, 1.165) is 16.6 Å². The van der Waals surface area contributed by atoms with E-state index >= 15 is 0 Å². The maximum Gasteiger partial charge on any atom is 0.287 e. The fourth-order valence-electron chi connectivity index (χ4n) is 2.32. The average Bonchev–Trinajstić information content (AvgIpc) is 2.84. The van der Waals surface area contributed by atoms with Crippen molar-refractivity contribution in [1.82, 2.24) is 14.9 Å². The number of para-hydroxylation sites is 2. The van der Waals surface area contributed by atoms with Gasteiger partial charge in [0.05, 0.1) is 11.0 Å². The number of carbonyl (C=O) groups is 1. The van der Waals surface area contributed by atoms with Gasteiger partial charge in [-0.1, -0.05) is 42.0 Å². The number of nitrogens with one attached hydrogen (secondary N) is 1. The second-order valence-electron chi connectivity index (χ2n) is 5.15. The highest BCUT2D eigenvalue weighted by atomic mass is 16.2. The zero-order chi connectivity index (χ0) is 14.8. The molecule has 0 bridgehead atoms. The van der Waals surface area contributed by atoms with Crippen LogP contribution in [0.1, 0.15) is 21.7 Å². The predicted octanol–water partition coefficient (Wildman–Crippen LogP) is 2.81. The number of benzene rings is 2. The first-order valence-corrected chi connectivity index (χ1v) is 6.90. The Labute approximate surface area is 123 Å². The molecular weight excluding hydrogens is 262 g/mol. The minimum Gasteiger partial charge on any atom is -0.345 e. The van der Waals surface area contributed by atoms with Crippen LogP contribution in [0.3, 0.4) is 0 Å². The van der Waals surface area contributed by atoms with Gasteiger partial charge in [0.25, 0.3) is 5.91 Å². The van der Waals surface area contributed by atoms with E-state index in [2.05, 4.69) is 10.3 Å². The van der Waals surface area contributed by atoms with Gasteiger partial charge in [0, 0.05) is 13.6 Å². The van der Waals surface area contributed by atoms with Gasteiger partial charge in [-0.05, 0) is 24.6 Å². The lowest BCUT2D eigenvalue weighted by atomic mass is 10.1. The molecule has 4 nitrogen and oxygen atoms in total. The molecular formula is C17H17N3O. The number of carbonyl (C=O) groups excluding carboxylic acids is 1. The standard InChI is InChI=1S/C17H17N3O/c1-12-7-9-13(10-8-12)11-18-17(21)16-19-14-5-3-4-6-15(14)20(16)2/h3-10H,11H2,1-2H3,(H,18,21). The highest BCUT2D eigenvalue weighted by Gasteiger charge is 2.14. The molecule has 2 aromatic carbocycles. The normalized spacial score (nSPS) is 10.8. The molecule has 0 aliphatic heterocycles. The summed E-state index contributed by atoms with van der Waals surface area (Å²) in [6, 6.07) is 15.8.